The summed E-state index contributed by atoms with van der Waals surface area (Å²) in [6.45, 7) is 4.52. The maximum atomic E-state index is 12.6. The molecular formula is C15H14N2O2S2. The van der Waals surface area contributed by atoms with E-state index in [0.717, 1.165) is 21.1 Å². The summed E-state index contributed by atoms with van der Waals surface area (Å²) in [5.74, 6) is 0.775. The van der Waals surface area contributed by atoms with Crippen molar-refractivity contribution >= 4 is 33.8 Å². The van der Waals surface area contributed by atoms with Crippen molar-refractivity contribution in [1.29, 1.82) is 0 Å². The number of hydrogen-bond acceptors (Lipinski definition) is 4. The molecular weight excluding hydrogens is 304 g/mol. The van der Waals surface area contributed by atoms with Crippen molar-refractivity contribution in [3.05, 3.63) is 50.3 Å². The average Bonchev–Trinajstić information content (AvgIpc) is 2.82. The molecule has 0 aliphatic carbocycles. The predicted octanol–water partition coefficient (Wildman–Crippen LogP) is 3.82. The van der Waals surface area contributed by atoms with Gasteiger partial charge in [-0.05, 0) is 56.4 Å². The van der Waals surface area contributed by atoms with Crippen molar-refractivity contribution in [1.82, 2.24) is 9.55 Å². The van der Waals surface area contributed by atoms with Crippen molar-refractivity contribution in [2.45, 2.75) is 13.8 Å². The monoisotopic (exact) mass is 318 g/mol. The Labute approximate surface area is 130 Å². The standard InChI is InChI=1S/C15H14N2O2S2/c1-3-19-11-6-4-10(5-7-11)17-14(18)12-8-9(2)21-13(12)16-15(17)20/h4-8H,3H2,1-2H3,(H,16,20). The number of rotatable bonds is 3. The van der Waals surface area contributed by atoms with Crippen LogP contribution < -0.4 is 10.3 Å². The SMILES string of the molecule is CCOc1ccc(-n2c(=S)[nH]c3sc(C)cc3c2=O)cc1. The lowest BCUT2D eigenvalue weighted by molar-refractivity contribution is 0.340. The highest BCUT2D eigenvalue weighted by Crippen LogP contribution is 2.21. The van der Waals surface area contributed by atoms with Crippen LogP contribution in [0.15, 0.2) is 35.1 Å². The zero-order valence-corrected chi connectivity index (χ0v) is 13.3. The zero-order valence-electron chi connectivity index (χ0n) is 11.7. The minimum atomic E-state index is -0.0951. The first-order chi connectivity index (χ1) is 10.1. The summed E-state index contributed by atoms with van der Waals surface area (Å²) in [7, 11) is 0. The lowest BCUT2D eigenvalue weighted by Gasteiger charge is -2.08. The first-order valence-corrected chi connectivity index (χ1v) is 7.81. The average molecular weight is 318 g/mol. The van der Waals surface area contributed by atoms with Gasteiger partial charge in [0.15, 0.2) is 4.77 Å². The number of aromatic amines is 1. The summed E-state index contributed by atoms with van der Waals surface area (Å²) >= 11 is 6.86. The first kappa shape index (κ1) is 14.0. The topological polar surface area (TPSA) is 47.0 Å². The van der Waals surface area contributed by atoms with Gasteiger partial charge in [-0.15, -0.1) is 11.3 Å². The molecule has 0 aliphatic heterocycles. The summed E-state index contributed by atoms with van der Waals surface area (Å²) in [5, 5.41) is 0.667. The summed E-state index contributed by atoms with van der Waals surface area (Å²) < 4.78 is 7.33. The molecule has 1 N–H and O–H groups in total. The van der Waals surface area contributed by atoms with Gasteiger partial charge in [-0.1, -0.05) is 0 Å². The van der Waals surface area contributed by atoms with Crippen molar-refractivity contribution in [2.75, 3.05) is 6.61 Å². The Hall–Kier alpha value is -1.92. The molecule has 6 heteroatoms. The normalized spacial score (nSPS) is 11.0. The van der Waals surface area contributed by atoms with Gasteiger partial charge in [0.05, 0.1) is 17.7 Å². The third-order valence-electron chi connectivity index (χ3n) is 3.12. The minimum Gasteiger partial charge on any atom is -0.494 e. The van der Waals surface area contributed by atoms with E-state index in [4.69, 9.17) is 17.0 Å². The van der Waals surface area contributed by atoms with Crippen molar-refractivity contribution in [2.24, 2.45) is 0 Å². The number of fused-ring (bicyclic) bond motifs is 1. The fourth-order valence-corrected chi connectivity index (χ4v) is 3.48. The van der Waals surface area contributed by atoms with Gasteiger partial charge in [0.25, 0.3) is 5.56 Å². The lowest BCUT2D eigenvalue weighted by Crippen LogP contribution is -2.19. The predicted molar refractivity (Wildman–Crippen MR) is 88.5 cm³/mol. The van der Waals surface area contributed by atoms with Crippen molar-refractivity contribution in [3.8, 4) is 11.4 Å². The number of aromatic nitrogens is 2. The fourth-order valence-electron chi connectivity index (χ4n) is 2.22. The molecule has 3 rings (SSSR count). The molecule has 0 radical (unpaired) electrons. The maximum absolute atomic E-state index is 12.6. The molecule has 2 heterocycles. The van der Waals surface area contributed by atoms with Crippen LogP contribution in [0.1, 0.15) is 11.8 Å². The van der Waals surface area contributed by atoms with E-state index in [9.17, 15) is 4.79 Å². The summed E-state index contributed by atoms with van der Waals surface area (Å²) in [6, 6.07) is 9.23. The Kier molecular flexibility index (Phi) is 3.65. The second kappa shape index (κ2) is 5.46. The molecule has 108 valence electrons. The summed E-state index contributed by atoms with van der Waals surface area (Å²) in [4.78, 5) is 17.7. The highest BCUT2D eigenvalue weighted by Gasteiger charge is 2.10. The fraction of sp³-hybridized carbons (Fsp3) is 0.200. The number of ether oxygens (including phenoxy) is 1. The maximum Gasteiger partial charge on any atom is 0.267 e. The molecule has 21 heavy (non-hydrogen) atoms. The number of hydrogen-bond donors (Lipinski definition) is 1. The van der Waals surface area contributed by atoms with Gasteiger partial charge in [-0.3, -0.25) is 9.36 Å². The number of thiophene rings is 1. The van der Waals surface area contributed by atoms with Gasteiger partial charge in [-0.25, -0.2) is 0 Å². The molecule has 4 nitrogen and oxygen atoms in total. The van der Waals surface area contributed by atoms with E-state index in [2.05, 4.69) is 4.98 Å². The Bertz CT molecular complexity index is 904. The molecule has 0 bridgehead atoms. The molecule has 1 aromatic carbocycles. The Morgan fingerprint density at radius 3 is 2.71 bits per heavy atom. The van der Waals surface area contributed by atoms with Crippen LogP contribution in [0.3, 0.4) is 0 Å². The third kappa shape index (κ3) is 2.52. The quantitative estimate of drug-likeness (QED) is 0.747. The molecule has 3 aromatic rings. The largest absolute Gasteiger partial charge is 0.494 e. The van der Waals surface area contributed by atoms with Gasteiger partial charge in [0.2, 0.25) is 0 Å². The van der Waals surface area contributed by atoms with Crippen LogP contribution in [0.5, 0.6) is 5.75 Å². The highest BCUT2D eigenvalue weighted by molar-refractivity contribution is 7.71. The Morgan fingerprint density at radius 1 is 1.33 bits per heavy atom. The van der Waals surface area contributed by atoms with E-state index < -0.39 is 0 Å². The number of H-pyrrole nitrogens is 1. The smallest absolute Gasteiger partial charge is 0.267 e. The molecule has 0 saturated carbocycles. The van der Waals surface area contributed by atoms with Crippen molar-refractivity contribution in [3.63, 3.8) is 0 Å². The molecule has 0 spiro atoms. The van der Waals surface area contributed by atoms with Crippen molar-refractivity contribution < 1.29 is 4.74 Å². The Morgan fingerprint density at radius 2 is 2.05 bits per heavy atom. The molecule has 0 amide bonds. The summed E-state index contributed by atoms with van der Waals surface area (Å²) in [5.41, 5.74) is 0.637. The molecule has 0 unspecified atom stereocenters. The number of nitrogens with zero attached hydrogens (tertiary/aromatic N) is 1. The first-order valence-electron chi connectivity index (χ1n) is 6.59. The third-order valence-corrected chi connectivity index (χ3v) is 4.37. The van der Waals surface area contributed by atoms with E-state index >= 15 is 0 Å². The molecule has 0 saturated heterocycles. The van der Waals surface area contributed by atoms with Crippen LogP contribution in [0.2, 0.25) is 0 Å². The molecule has 0 aliphatic rings. The van der Waals surface area contributed by atoms with Gasteiger partial charge in [0, 0.05) is 4.88 Å². The van der Waals surface area contributed by atoms with Crippen LogP contribution in [0.25, 0.3) is 15.9 Å². The van der Waals surface area contributed by atoms with Gasteiger partial charge >= 0.3 is 0 Å². The second-order valence-electron chi connectivity index (χ2n) is 4.60. The van der Waals surface area contributed by atoms with Gasteiger partial charge < -0.3 is 9.72 Å². The van der Waals surface area contributed by atoms with E-state index in [1.807, 2.05) is 44.2 Å². The lowest BCUT2D eigenvalue weighted by atomic mass is 10.3. The molecule has 0 fully saturated rings. The summed E-state index contributed by atoms with van der Waals surface area (Å²) in [6.07, 6.45) is 0. The Balaban J connectivity index is 2.19. The van der Waals surface area contributed by atoms with E-state index in [1.54, 1.807) is 0 Å². The van der Waals surface area contributed by atoms with Crippen LogP contribution in [-0.4, -0.2) is 16.2 Å². The molecule has 2 aromatic heterocycles. The number of nitrogens with one attached hydrogen (secondary N) is 1. The van der Waals surface area contributed by atoms with Crippen LogP contribution in [-0.2, 0) is 0 Å². The zero-order chi connectivity index (χ0) is 15.0. The van der Waals surface area contributed by atoms with Crippen LogP contribution in [0, 0.1) is 11.7 Å². The number of aryl methyl sites for hydroxylation is 1. The highest BCUT2D eigenvalue weighted by atomic mass is 32.1. The van der Waals surface area contributed by atoms with Gasteiger partial charge in [0.1, 0.15) is 10.6 Å². The molecule has 0 atom stereocenters. The van der Waals surface area contributed by atoms with Gasteiger partial charge in [-0.2, -0.15) is 0 Å². The van der Waals surface area contributed by atoms with E-state index in [-0.39, 0.29) is 5.56 Å². The van der Waals surface area contributed by atoms with E-state index in [0.29, 0.717) is 16.8 Å². The van der Waals surface area contributed by atoms with Crippen LogP contribution in [0.4, 0.5) is 0 Å². The van der Waals surface area contributed by atoms with E-state index in [1.165, 1.54) is 15.9 Å². The minimum absolute atomic E-state index is 0.0951. The van der Waals surface area contributed by atoms with Crippen LogP contribution >= 0.6 is 23.6 Å². The second-order valence-corrected chi connectivity index (χ2v) is 6.24. The number of benzene rings is 1.